The summed E-state index contributed by atoms with van der Waals surface area (Å²) in [7, 11) is 0. The molecule has 0 bridgehead atoms. The SMILES string of the molecule is N#Cc1ccc(C2=CC(=O)N3C(C2)C(c2ccc(F)cc2F)C3c2ccccc2)cc1. The molecule has 0 aliphatic carbocycles. The number of nitrogens with zero attached hydrogens (tertiary/aromatic N) is 2. The molecule has 0 saturated carbocycles. The third-order valence-electron chi connectivity index (χ3n) is 6.24. The lowest BCUT2D eigenvalue weighted by atomic mass is 9.68. The average Bonchev–Trinajstić information content (AvgIpc) is 2.77. The predicted molar refractivity (Wildman–Crippen MR) is 113 cm³/mol. The summed E-state index contributed by atoms with van der Waals surface area (Å²) in [5.74, 6) is -1.61. The molecule has 0 aromatic heterocycles. The molecule has 1 saturated heterocycles. The molecule has 152 valence electrons. The van der Waals surface area contributed by atoms with Crippen LogP contribution in [0.2, 0.25) is 0 Å². The fraction of sp³-hybridized carbons (Fsp3) is 0.154. The first-order valence-electron chi connectivity index (χ1n) is 10.1. The van der Waals surface area contributed by atoms with E-state index in [9.17, 15) is 13.6 Å². The van der Waals surface area contributed by atoms with Gasteiger partial charge >= 0.3 is 0 Å². The van der Waals surface area contributed by atoms with Crippen LogP contribution in [-0.4, -0.2) is 16.8 Å². The van der Waals surface area contributed by atoms with E-state index >= 15 is 0 Å². The molecule has 5 rings (SSSR count). The smallest absolute Gasteiger partial charge is 0.247 e. The summed E-state index contributed by atoms with van der Waals surface area (Å²) in [6.45, 7) is 0. The summed E-state index contributed by atoms with van der Waals surface area (Å²) in [5, 5.41) is 9.02. The molecule has 3 aromatic carbocycles. The lowest BCUT2D eigenvalue weighted by Gasteiger charge is -2.57. The molecule has 1 amide bonds. The zero-order valence-corrected chi connectivity index (χ0v) is 16.5. The highest BCUT2D eigenvalue weighted by Gasteiger charge is 2.54. The summed E-state index contributed by atoms with van der Waals surface area (Å²) in [6.07, 6.45) is 2.19. The van der Waals surface area contributed by atoms with E-state index in [1.807, 2.05) is 42.5 Å². The van der Waals surface area contributed by atoms with Crippen LogP contribution in [0.15, 0.2) is 78.9 Å². The first-order chi connectivity index (χ1) is 15.1. The highest BCUT2D eigenvalue weighted by Crippen LogP contribution is 2.55. The van der Waals surface area contributed by atoms with Crippen molar-refractivity contribution in [2.24, 2.45) is 0 Å². The summed E-state index contributed by atoms with van der Waals surface area (Å²) in [5.41, 5.74) is 3.62. The van der Waals surface area contributed by atoms with Crippen molar-refractivity contribution in [2.45, 2.75) is 24.4 Å². The summed E-state index contributed by atoms with van der Waals surface area (Å²) < 4.78 is 28.3. The van der Waals surface area contributed by atoms with E-state index in [0.29, 0.717) is 17.5 Å². The van der Waals surface area contributed by atoms with Crippen LogP contribution in [0.25, 0.3) is 5.57 Å². The second-order valence-corrected chi connectivity index (χ2v) is 7.92. The van der Waals surface area contributed by atoms with Crippen LogP contribution in [0.4, 0.5) is 8.78 Å². The Hall–Kier alpha value is -3.78. The Labute approximate surface area is 178 Å². The normalized spacial score (nSPS) is 22.2. The van der Waals surface area contributed by atoms with Crippen LogP contribution < -0.4 is 0 Å². The zero-order chi connectivity index (χ0) is 21.5. The molecular formula is C26H18F2N2O. The molecule has 2 heterocycles. The van der Waals surface area contributed by atoms with Gasteiger partial charge in [0.15, 0.2) is 0 Å². The maximum atomic E-state index is 14.8. The van der Waals surface area contributed by atoms with Crippen molar-refractivity contribution in [3.8, 4) is 6.07 Å². The number of benzene rings is 3. The molecule has 3 atom stereocenters. The summed E-state index contributed by atoms with van der Waals surface area (Å²) in [6, 6.07) is 21.9. The van der Waals surface area contributed by atoms with Gasteiger partial charge in [-0.3, -0.25) is 4.79 Å². The highest BCUT2D eigenvalue weighted by atomic mass is 19.1. The number of carbonyl (C=O) groups is 1. The maximum absolute atomic E-state index is 14.8. The molecular weight excluding hydrogens is 394 g/mol. The third kappa shape index (κ3) is 3.21. The van der Waals surface area contributed by atoms with E-state index in [-0.39, 0.29) is 23.9 Å². The quantitative estimate of drug-likeness (QED) is 0.581. The van der Waals surface area contributed by atoms with E-state index in [1.165, 1.54) is 12.1 Å². The topological polar surface area (TPSA) is 44.1 Å². The van der Waals surface area contributed by atoms with E-state index in [4.69, 9.17) is 5.26 Å². The first-order valence-corrected chi connectivity index (χ1v) is 10.1. The van der Waals surface area contributed by atoms with Crippen molar-refractivity contribution < 1.29 is 13.6 Å². The van der Waals surface area contributed by atoms with Crippen molar-refractivity contribution in [2.75, 3.05) is 0 Å². The molecule has 1 fully saturated rings. The van der Waals surface area contributed by atoms with Gasteiger partial charge in [0, 0.05) is 24.1 Å². The number of rotatable bonds is 3. The number of carbonyl (C=O) groups excluding carboxylic acids is 1. The number of hydrogen-bond acceptors (Lipinski definition) is 2. The summed E-state index contributed by atoms with van der Waals surface area (Å²) in [4.78, 5) is 14.9. The second-order valence-electron chi connectivity index (χ2n) is 7.92. The zero-order valence-electron chi connectivity index (χ0n) is 16.5. The Morgan fingerprint density at radius 3 is 2.39 bits per heavy atom. The third-order valence-corrected chi connectivity index (χ3v) is 6.24. The molecule has 5 heteroatoms. The van der Waals surface area contributed by atoms with Gasteiger partial charge in [-0.15, -0.1) is 0 Å². The molecule has 0 N–H and O–H groups in total. The molecule has 0 radical (unpaired) electrons. The Morgan fingerprint density at radius 1 is 0.968 bits per heavy atom. The Balaban J connectivity index is 1.56. The van der Waals surface area contributed by atoms with E-state index in [0.717, 1.165) is 22.8 Å². The molecule has 3 aromatic rings. The van der Waals surface area contributed by atoms with Crippen LogP contribution in [0.3, 0.4) is 0 Å². The van der Waals surface area contributed by atoms with Crippen molar-refractivity contribution in [3.05, 3.63) is 113 Å². The molecule has 3 nitrogen and oxygen atoms in total. The molecule has 2 aliphatic heterocycles. The van der Waals surface area contributed by atoms with E-state index in [2.05, 4.69) is 6.07 Å². The molecule has 31 heavy (non-hydrogen) atoms. The first kappa shape index (κ1) is 19.2. The van der Waals surface area contributed by atoms with Gasteiger partial charge in [0.2, 0.25) is 5.91 Å². The van der Waals surface area contributed by atoms with Gasteiger partial charge in [-0.05, 0) is 46.9 Å². The number of nitriles is 1. The number of fused-ring (bicyclic) bond motifs is 1. The van der Waals surface area contributed by atoms with E-state index < -0.39 is 11.6 Å². The Morgan fingerprint density at radius 2 is 1.71 bits per heavy atom. The van der Waals surface area contributed by atoms with Crippen LogP contribution >= 0.6 is 0 Å². The maximum Gasteiger partial charge on any atom is 0.247 e. The fourth-order valence-electron chi connectivity index (χ4n) is 4.82. The van der Waals surface area contributed by atoms with Crippen molar-refractivity contribution in [1.82, 2.24) is 4.90 Å². The molecule has 3 unspecified atom stereocenters. The van der Waals surface area contributed by atoms with Gasteiger partial charge in [0.25, 0.3) is 0 Å². The molecule has 2 aliphatic rings. The van der Waals surface area contributed by atoms with Crippen molar-refractivity contribution in [3.63, 3.8) is 0 Å². The van der Waals surface area contributed by atoms with Gasteiger partial charge in [-0.2, -0.15) is 5.26 Å². The van der Waals surface area contributed by atoms with Gasteiger partial charge in [-0.1, -0.05) is 48.5 Å². The Bertz CT molecular complexity index is 1230. The van der Waals surface area contributed by atoms with Crippen molar-refractivity contribution >= 4 is 11.5 Å². The minimum Gasteiger partial charge on any atom is -0.327 e. The van der Waals surface area contributed by atoms with Gasteiger partial charge in [0.05, 0.1) is 17.7 Å². The van der Waals surface area contributed by atoms with Crippen LogP contribution in [0.1, 0.15) is 40.6 Å². The fourth-order valence-corrected chi connectivity index (χ4v) is 4.82. The lowest BCUT2D eigenvalue weighted by molar-refractivity contribution is -0.143. The lowest BCUT2D eigenvalue weighted by Crippen LogP contribution is -2.60. The van der Waals surface area contributed by atoms with Gasteiger partial charge < -0.3 is 4.90 Å². The average molecular weight is 412 g/mol. The summed E-state index contributed by atoms with van der Waals surface area (Å²) >= 11 is 0. The predicted octanol–water partition coefficient (Wildman–Crippen LogP) is 5.36. The standard InChI is InChI=1S/C26H18F2N2O/c27-20-10-11-21(22(28)14-20)25-23-12-19(17-8-6-16(15-29)7-9-17)13-24(31)30(23)26(25)18-4-2-1-3-5-18/h1-11,13-14,23,25-26H,12H2. The second kappa shape index (κ2) is 7.48. The van der Waals surface area contributed by atoms with E-state index in [1.54, 1.807) is 23.1 Å². The molecule has 0 spiro atoms. The van der Waals surface area contributed by atoms with Crippen LogP contribution in [0.5, 0.6) is 0 Å². The van der Waals surface area contributed by atoms with Gasteiger partial charge in [0.1, 0.15) is 11.6 Å². The minimum atomic E-state index is -0.619. The number of halogens is 2. The highest BCUT2D eigenvalue weighted by molar-refractivity contribution is 5.98. The minimum absolute atomic E-state index is 0.122. The van der Waals surface area contributed by atoms with Crippen molar-refractivity contribution in [1.29, 1.82) is 5.26 Å². The number of hydrogen-bond donors (Lipinski definition) is 0. The number of amides is 1. The van der Waals surface area contributed by atoms with Crippen LogP contribution in [-0.2, 0) is 4.79 Å². The monoisotopic (exact) mass is 412 g/mol. The van der Waals surface area contributed by atoms with Crippen LogP contribution in [0, 0.1) is 23.0 Å². The largest absolute Gasteiger partial charge is 0.327 e. The van der Waals surface area contributed by atoms with Gasteiger partial charge in [-0.25, -0.2) is 8.78 Å². The Kier molecular flexibility index (Phi) is 4.63.